The number of likely N-dealkylation sites (tertiary alicyclic amines) is 1. The first kappa shape index (κ1) is 30.9. The molecule has 1 saturated carbocycles. The highest BCUT2D eigenvalue weighted by Gasteiger charge is 2.49. The van der Waals surface area contributed by atoms with Crippen molar-refractivity contribution in [1.82, 2.24) is 25.8 Å². The van der Waals surface area contributed by atoms with Crippen molar-refractivity contribution in [2.24, 2.45) is 11.3 Å². The first-order valence-corrected chi connectivity index (χ1v) is 15.2. The quantitative estimate of drug-likeness (QED) is 0.366. The van der Waals surface area contributed by atoms with Gasteiger partial charge in [-0.3, -0.25) is 14.9 Å². The molecule has 1 aromatic carbocycles. The number of likely N-dealkylation sites (N-methyl/N-ethyl adjacent to an activating group) is 1. The van der Waals surface area contributed by atoms with Crippen molar-refractivity contribution in [2.45, 2.75) is 96.0 Å². The molecular formula is C31H50FN5O3. The number of aliphatic hydroxyl groups excluding tert-OH is 1. The fraction of sp³-hybridized carbons (Fsp3) is 0.742. The van der Waals surface area contributed by atoms with E-state index in [1.54, 1.807) is 12.1 Å². The number of nitrogens with zero attached hydrogens (tertiary/aromatic N) is 2. The highest BCUT2D eigenvalue weighted by molar-refractivity contribution is 5.85. The Balaban J connectivity index is 1.49. The molecule has 3 atom stereocenters. The number of benzene rings is 1. The lowest BCUT2D eigenvalue weighted by Crippen LogP contribution is -2.63. The molecule has 3 fully saturated rings. The third-order valence-electron chi connectivity index (χ3n) is 9.11. The fourth-order valence-corrected chi connectivity index (χ4v) is 6.83. The zero-order valence-electron chi connectivity index (χ0n) is 24.8. The van der Waals surface area contributed by atoms with Crippen LogP contribution in [0.15, 0.2) is 24.3 Å². The van der Waals surface area contributed by atoms with Crippen molar-refractivity contribution in [1.29, 1.82) is 0 Å². The van der Waals surface area contributed by atoms with Crippen LogP contribution in [0.2, 0.25) is 0 Å². The summed E-state index contributed by atoms with van der Waals surface area (Å²) in [5.41, 5.74) is 0.0551. The highest BCUT2D eigenvalue weighted by atomic mass is 19.1. The van der Waals surface area contributed by atoms with Gasteiger partial charge in [0.05, 0.1) is 17.5 Å². The minimum Gasteiger partial charge on any atom is -0.377 e. The minimum absolute atomic E-state index is 0.0824. The number of nitrogens with one attached hydrogen (secondary N) is 3. The molecule has 9 heteroatoms. The Labute approximate surface area is 239 Å². The lowest BCUT2D eigenvalue weighted by atomic mass is 9.63. The number of halogens is 1. The number of amides is 2. The van der Waals surface area contributed by atoms with E-state index in [1.165, 1.54) is 18.6 Å². The molecule has 4 rings (SSSR count). The zero-order chi connectivity index (χ0) is 28.9. The summed E-state index contributed by atoms with van der Waals surface area (Å²) in [6, 6.07) is 5.31. The number of hydrogen-bond donors (Lipinski definition) is 4. The van der Waals surface area contributed by atoms with E-state index in [9.17, 15) is 19.1 Å². The van der Waals surface area contributed by atoms with E-state index in [1.807, 2.05) is 32.7 Å². The van der Waals surface area contributed by atoms with Gasteiger partial charge in [0.25, 0.3) is 0 Å². The molecule has 3 unspecified atom stereocenters. The Morgan fingerprint density at radius 2 is 1.75 bits per heavy atom. The largest absolute Gasteiger partial charge is 0.377 e. The van der Waals surface area contributed by atoms with Crippen LogP contribution < -0.4 is 16.0 Å². The Hall–Kier alpha value is -2.07. The van der Waals surface area contributed by atoms with Crippen LogP contribution in [0.1, 0.15) is 71.3 Å². The molecule has 0 radical (unpaired) electrons. The van der Waals surface area contributed by atoms with E-state index in [4.69, 9.17) is 0 Å². The van der Waals surface area contributed by atoms with Gasteiger partial charge in [-0.25, -0.2) is 4.39 Å². The van der Waals surface area contributed by atoms with Crippen LogP contribution in [0.5, 0.6) is 0 Å². The van der Waals surface area contributed by atoms with Gasteiger partial charge in [0.1, 0.15) is 12.0 Å². The first-order valence-electron chi connectivity index (χ1n) is 15.2. The molecule has 8 nitrogen and oxygen atoms in total. The topological polar surface area (TPSA) is 96.9 Å². The second-order valence-electron chi connectivity index (χ2n) is 13.3. The number of rotatable bonds is 8. The Bertz CT molecular complexity index is 984. The van der Waals surface area contributed by atoms with Gasteiger partial charge < -0.3 is 25.5 Å². The van der Waals surface area contributed by atoms with Crippen LogP contribution in [0.3, 0.4) is 0 Å². The summed E-state index contributed by atoms with van der Waals surface area (Å²) in [5, 5.41) is 20.9. The van der Waals surface area contributed by atoms with Gasteiger partial charge in [0.15, 0.2) is 0 Å². The maximum Gasteiger partial charge on any atom is 0.240 e. The summed E-state index contributed by atoms with van der Waals surface area (Å²) < 4.78 is 13.6. The number of piperidine rings is 1. The van der Waals surface area contributed by atoms with Crippen LogP contribution in [0, 0.1) is 17.2 Å². The summed E-state index contributed by atoms with van der Waals surface area (Å²) in [5.74, 6) is 0.0618. The smallest absolute Gasteiger partial charge is 0.240 e. The number of carbonyl (C=O) groups is 2. The average Bonchev–Trinajstić information content (AvgIpc) is 2.93. The number of aliphatic hydroxyl groups is 1. The molecule has 224 valence electrons. The summed E-state index contributed by atoms with van der Waals surface area (Å²) >= 11 is 0. The van der Waals surface area contributed by atoms with Crippen molar-refractivity contribution in [3.05, 3.63) is 35.6 Å². The molecule has 2 heterocycles. The van der Waals surface area contributed by atoms with Gasteiger partial charge in [-0.15, -0.1) is 0 Å². The van der Waals surface area contributed by atoms with E-state index in [-0.39, 0.29) is 29.2 Å². The van der Waals surface area contributed by atoms with E-state index in [0.717, 1.165) is 44.3 Å². The van der Waals surface area contributed by atoms with E-state index < -0.39 is 17.7 Å². The van der Waals surface area contributed by atoms with Gasteiger partial charge in [-0.05, 0) is 83.5 Å². The average molecular weight is 560 g/mol. The summed E-state index contributed by atoms with van der Waals surface area (Å²) in [6.45, 7) is 9.42. The van der Waals surface area contributed by atoms with Crippen LogP contribution in [-0.4, -0.2) is 90.3 Å². The van der Waals surface area contributed by atoms with Crippen molar-refractivity contribution in [3.8, 4) is 0 Å². The molecule has 2 saturated heterocycles. The zero-order valence-corrected chi connectivity index (χ0v) is 24.8. The lowest BCUT2D eigenvalue weighted by Gasteiger charge is -2.48. The number of hydrogen-bond acceptors (Lipinski definition) is 6. The summed E-state index contributed by atoms with van der Waals surface area (Å²) in [4.78, 5) is 31.8. The molecule has 2 amide bonds. The monoisotopic (exact) mass is 559 g/mol. The van der Waals surface area contributed by atoms with Gasteiger partial charge in [0, 0.05) is 38.3 Å². The van der Waals surface area contributed by atoms with E-state index in [0.29, 0.717) is 44.8 Å². The first-order chi connectivity index (χ1) is 19.0. The lowest BCUT2D eigenvalue weighted by molar-refractivity contribution is -0.147. The van der Waals surface area contributed by atoms with Crippen LogP contribution in [0.25, 0.3) is 0 Å². The molecule has 2 aliphatic heterocycles. The maximum absolute atomic E-state index is 14.0. The number of carbonyl (C=O) groups excluding carboxylic acids is 2. The van der Waals surface area contributed by atoms with Crippen molar-refractivity contribution in [2.75, 3.05) is 39.8 Å². The molecule has 1 aromatic rings. The van der Waals surface area contributed by atoms with Crippen molar-refractivity contribution >= 4 is 11.8 Å². The second-order valence-corrected chi connectivity index (χ2v) is 13.3. The van der Waals surface area contributed by atoms with Gasteiger partial charge in [-0.1, -0.05) is 31.4 Å². The Morgan fingerprint density at radius 1 is 1.10 bits per heavy atom. The predicted molar refractivity (Wildman–Crippen MR) is 155 cm³/mol. The van der Waals surface area contributed by atoms with Crippen molar-refractivity contribution in [3.63, 3.8) is 0 Å². The predicted octanol–water partition coefficient (Wildman–Crippen LogP) is 2.65. The van der Waals surface area contributed by atoms with E-state index >= 15 is 0 Å². The summed E-state index contributed by atoms with van der Waals surface area (Å²) in [6.07, 6.45) is 6.38. The Morgan fingerprint density at radius 3 is 2.35 bits per heavy atom. The van der Waals surface area contributed by atoms with Gasteiger partial charge in [0.2, 0.25) is 11.8 Å². The standard InChI is InChI=1S/C31H50FN5O3/c1-30(2,3)35-29(40)31(23-8-6-5-7-9-23)14-17-37(18-15-31)28(39)25(20-22-10-12-24(32)13-11-22)34-27(38)26-21-36(4)19-16-33-26/h10-13,23,25-27,33-34,38H,5-9,14-21H2,1-4H3,(H,35,40). The normalized spacial score (nSPS) is 24.4. The van der Waals surface area contributed by atoms with Crippen LogP contribution in [-0.2, 0) is 16.0 Å². The number of piperazine rings is 1. The van der Waals surface area contributed by atoms with Crippen LogP contribution in [0.4, 0.5) is 4.39 Å². The molecule has 3 aliphatic rings. The highest BCUT2D eigenvalue weighted by Crippen LogP contribution is 2.46. The van der Waals surface area contributed by atoms with Gasteiger partial charge in [-0.2, -0.15) is 0 Å². The SMILES string of the molecule is CN1CCNC(C(O)NC(Cc2ccc(F)cc2)C(=O)N2CCC(C(=O)NC(C)(C)C)(C3CCCCC3)CC2)C1. The molecule has 0 spiro atoms. The summed E-state index contributed by atoms with van der Waals surface area (Å²) in [7, 11) is 2.02. The van der Waals surface area contributed by atoms with Gasteiger partial charge >= 0.3 is 0 Å². The molecule has 0 aromatic heterocycles. The van der Waals surface area contributed by atoms with E-state index in [2.05, 4.69) is 20.9 Å². The fourth-order valence-electron chi connectivity index (χ4n) is 6.83. The molecule has 40 heavy (non-hydrogen) atoms. The molecule has 1 aliphatic carbocycles. The van der Waals surface area contributed by atoms with Crippen LogP contribution >= 0.6 is 0 Å². The van der Waals surface area contributed by atoms with Crippen molar-refractivity contribution < 1.29 is 19.1 Å². The minimum atomic E-state index is -0.916. The Kier molecular flexibility index (Phi) is 10.2. The third-order valence-corrected chi connectivity index (χ3v) is 9.11. The second kappa shape index (κ2) is 13.3. The molecular weight excluding hydrogens is 509 g/mol. The third kappa shape index (κ3) is 7.81. The molecule has 0 bridgehead atoms. The maximum atomic E-state index is 14.0. The molecule has 4 N–H and O–H groups in total.